The minimum Gasteiger partial charge on any atom is -0.362 e. The summed E-state index contributed by atoms with van der Waals surface area (Å²) in [4.78, 5) is 0. The summed E-state index contributed by atoms with van der Waals surface area (Å²) < 4.78 is 0. The second kappa shape index (κ2) is 6.80. The molecular formula is C20H29N. The first-order valence-corrected chi connectivity index (χ1v) is 7.51. The number of nitrogens with one attached hydrogen (secondary N) is 1. The van der Waals surface area contributed by atoms with Crippen molar-refractivity contribution in [2.75, 3.05) is 5.32 Å². The van der Waals surface area contributed by atoms with E-state index in [0.717, 1.165) is 5.69 Å². The maximum absolute atomic E-state index is 3.87. The van der Waals surface area contributed by atoms with Crippen LogP contribution in [-0.2, 0) is 5.41 Å². The molecule has 0 atom stereocenters. The Hall–Kier alpha value is -1.76. The largest absolute Gasteiger partial charge is 0.362 e. The quantitative estimate of drug-likeness (QED) is 0.661. The van der Waals surface area contributed by atoms with Crippen LogP contribution < -0.4 is 5.32 Å². The van der Waals surface area contributed by atoms with Crippen LogP contribution in [0.3, 0.4) is 0 Å². The lowest BCUT2D eigenvalue weighted by atomic mass is 9.86. The van der Waals surface area contributed by atoms with Gasteiger partial charge in [-0.15, -0.1) is 0 Å². The highest BCUT2D eigenvalue weighted by atomic mass is 14.8. The van der Waals surface area contributed by atoms with Gasteiger partial charge in [-0.25, -0.2) is 0 Å². The predicted octanol–water partition coefficient (Wildman–Crippen LogP) is 6.07. The summed E-state index contributed by atoms with van der Waals surface area (Å²) in [6.45, 7) is 17.1. The van der Waals surface area contributed by atoms with E-state index in [1.54, 1.807) is 0 Å². The van der Waals surface area contributed by atoms with E-state index < -0.39 is 0 Å². The third-order valence-electron chi connectivity index (χ3n) is 3.46. The fourth-order valence-corrected chi connectivity index (χ4v) is 1.99. The van der Waals surface area contributed by atoms with Gasteiger partial charge in [0, 0.05) is 11.9 Å². The van der Waals surface area contributed by atoms with Crippen LogP contribution in [0.15, 0.2) is 60.8 Å². The van der Waals surface area contributed by atoms with Crippen LogP contribution in [0.25, 0.3) is 0 Å². The monoisotopic (exact) mass is 283 g/mol. The molecule has 0 saturated heterocycles. The fourth-order valence-electron chi connectivity index (χ4n) is 1.99. The van der Waals surface area contributed by atoms with Crippen LogP contribution in [0, 0.1) is 5.41 Å². The molecule has 0 aliphatic carbocycles. The molecule has 1 N–H and O–H groups in total. The van der Waals surface area contributed by atoms with Crippen molar-refractivity contribution in [3.8, 4) is 0 Å². The van der Waals surface area contributed by atoms with Crippen LogP contribution in [0.1, 0.15) is 47.1 Å². The highest BCUT2D eigenvalue weighted by Crippen LogP contribution is 2.26. The Morgan fingerprint density at radius 3 is 2.00 bits per heavy atom. The van der Waals surface area contributed by atoms with E-state index in [0.29, 0.717) is 0 Å². The van der Waals surface area contributed by atoms with Gasteiger partial charge in [0.2, 0.25) is 0 Å². The molecule has 1 nitrogen and oxygen atoms in total. The molecule has 21 heavy (non-hydrogen) atoms. The molecule has 0 heterocycles. The van der Waals surface area contributed by atoms with E-state index in [9.17, 15) is 0 Å². The SMILES string of the molecule is C=C/C(=C\C=C\Nc1ccc(C(C)(C)C)cc1)C(C)(C)C. The first-order valence-electron chi connectivity index (χ1n) is 7.51. The molecule has 0 amide bonds. The van der Waals surface area contributed by atoms with Gasteiger partial charge in [0.1, 0.15) is 0 Å². The van der Waals surface area contributed by atoms with Crippen molar-refractivity contribution in [1.82, 2.24) is 0 Å². The van der Waals surface area contributed by atoms with Gasteiger partial charge in [0.25, 0.3) is 0 Å². The Kier molecular flexibility index (Phi) is 5.60. The average Bonchev–Trinajstić information content (AvgIpc) is 2.36. The second-order valence-electron chi connectivity index (χ2n) is 7.41. The molecule has 1 aromatic rings. The molecule has 0 bridgehead atoms. The third kappa shape index (κ3) is 5.63. The van der Waals surface area contributed by atoms with Crippen LogP contribution >= 0.6 is 0 Å². The summed E-state index contributed by atoms with van der Waals surface area (Å²) in [6, 6.07) is 8.59. The van der Waals surface area contributed by atoms with E-state index in [1.165, 1.54) is 11.1 Å². The van der Waals surface area contributed by atoms with Gasteiger partial charge in [-0.1, -0.05) is 72.4 Å². The topological polar surface area (TPSA) is 12.0 Å². The highest BCUT2D eigenvalue weighted by Gasteiger charge is 2.13. The van der Waals surface area contributed by atoms with E-state index in [1.807, 2.05) is 18.4 Å². The van der Waals surface area contributed by atoms with Crippen molar-refractivity contribution in [2.24, 2.45) is 5.41 Å². The van der Waals surface area contributed by atoms with Gasteiger partial charge < -0.3 is 5.32 Å². The Balaban J connectivity index is 2.70. The molecule has 0 aromatic heterocycles. The molecule has 1 heteroatoms. The van der Waals surface area contributed by atoms with Crippen molar-refractivity contribution in [3.63, 3.8) is 0 Å². The molecule has 0 aliphatic heterocycles. The zero-order valence-electron chi connectivity index (χ0n) is 14.3. The minimum atomic E-state index is 0.125. The Labute approximate surface area is 130 Å². The first-order chi connectivity index (χ1) is 9.64. The third-order valence-corrected chi connectivity index (χ3v) is 3.46. The van der Waals surface area contributed by atoms with Gasteiger partial charge in [-0.05, 0) is 40.2 Å². The Morgan fingerprint density at radius 1 is 1.00 bits per heavy atom. The van der Waals surface area contributed by atoms with Gasteiger partial charge in [-0.2, -0.15) is 0 Å². The lowest BCUT2D eigenvalue weighted by Gasteiger charge is -2.19. The normalized spacial score (nSPS) is 13.5. The minimum absolute atomic E-state index is 0.125. The van der Waals surface area contributed by atoms with E-state index >= 15 is 0 Å². The second-order valence-corrected chi connectivity index (χ2v) is 7.41. The van der Waals surface area contributed by atoms with Crippen LogP contribution in [0.4, 0.5) is 5.69 Å². The van der Waals surface area contributed by atoms with Crippen LogP contribution in [0.5, 0.6) is 0 Å². The molecule has 0 spiro atoms. The summed E-state index contributed by atoms with van der Waals surface area (Å²) in [6.07, 6.45) is 8.01. The Morgan fingerprint density at radius 2 is 1.57 bits per heavy atom. The molecule has 0 radical (unpaired) electrons. The molecule has 0 aliphatic rings. The highest BCUT2D eigenvalue weighted by molar-refractivity contribution is 5.48. The summed E-state index contributed by atoms with van der Waals surface area (Å²) >= 11 is 0. The number of allylic oxidation sites excluding steroid dienone is 4. The summed E-state index contributed by atoms with van der Waals surface area (Å²) in [7, 11) is 0. The van der Waals surface area contributed by atoms with Gasteiger partial charge in [-0.3, -0.25) is 0 Å². The van der Waals surface area contributed by atoms with Crippen molar-refractivity contribution in [3.05, 3.63) is 66.4 Å². The van der Waals surface area contributed by atoms with Crippen LogP contribution in [0.2, 0.25) is 0 Å². The van der Waals surface area contributed by atoms with Crippen LogP contribution in [-0.4, -0.2) is 0 Å². The molecule has 0 fully saturated rings. The fraction of sp³-hybridized carbons (Fsp3) is 0.400. The smallest absolute Gasteiger partial charge is 0.0379 e. The van der Waals surface area contributed by atoms with Gasteiger partial charge in [0.15, 0.2) is 0 Å². The van der Waals surface area contributed by atoms with Crippen molar-refractivity contribution in [2.45, 2.75) is 47.0 Å². The van der Waals surface area contributed by atoms with Crippen molar-refractivity contribution in [1.29, 1.82) is 0 Å². The van der Waals surface area contributed by atoms with E-state index in [4.69, 9.17) is 0 Å². The zero-order valence-corrected chi connectivity index (χ0v) is 14.3. The number of hydrogen-bond donors (Lipinski definition) is 1. The average molecular weight is 283 g/mol. The number of rotatable bonds is 4. The molecule has 114 valence electrons. The maximum Gasteiger partial charge on any atom is 0.0379 e. The summed E-state index contributed by atoms with van der Waals surface area (Å²) in [5, 5.41) is 3.29. The summed E-state index contributed by atoms with van der Waals surface area (Å²) in [5.74, 6) is 0. The predicted molar refractivity (Wildman–Crippen MR) is 95.6 cm³/mol. The molecule has 0 saturated carbocycles. The summed E-state index contributed by atoms with van der Waals surface area (Å²) in [5.41, 5.74) is 3.99. The first kappa shape index (κ1) is 17.3. The zero-order chi connectivity index (χ0) is 16.1. The van der Waals surface area contributed by atoms with E-state index in [2.05, 4.69) is 83.8 Å². The maximum atomic E-state index is 3.87. The standard InChI is InChI=1S/C20H29N/c1-8-16(19(2,3)4)10-9-15-21-18-13-11-17(12-14-18)20(5,6)7/h8-15,21H,1H2,2-7H3/b15-9+,16-10+. The molecule has 1 aromatic carbocycles. The molecule has 1 rings (SSSR count). The molecule has 0 unspecified atom stereocenters. The lowest BCUT2D eigenvalue weighted by Crippen LogP contribution is -2.10. The van der Waals surface area contributed by atoms with Crippen molar-refractivity contribution >= 4 is 5.69 Å². The Bertz CT molecular complexity index is 516. The lowest BCUT2D eigenvalue weighted by molar-refractivity contribution is 0.517. The van der Waals surface area contributed by atoms with E-state index in [-0.39, 0.29) is 10.8 Å². The number of anilines is 1. The molecular weight excluding hydrogens is 254 g/mol. The number of hydrogen-bond acceptors (Lipinski definition) is 1. The van der Waals surface area contributed by atoms with Gasteiger partial charge >= 0.3 is 0 Å². The van der Waals surface area contributed by atoms with Gasteiger partial charge in [0.05, 0.1) is 0 Å². The number of benzene rings is 1. The van der Waals surface area contributed by atoms with Crippen molar-refractivity contribution < 1.29 is 0 Å².